The second kappa shape index (κ2) is 5.69. The molecule has 2 heterocycles. The molecular weight excluding hydrogens is 310 g/mol. The van der Waals surface area contributed by atoms with Gasteiger partial charge >= 0.3 is 0 Å². The molecule has 19 heavy (non-hydrogen) atoms. The van der Waals surface area contributed by atoms with Crippen LogP contribution in [0.3, 0.4) is 0 Å². The fourth-order valence-corrected chi connectivity index (χ4v) is 2.35. The average Bonchev–Trinajstić information content (AvgIpc) is 2.44. The highest BCUT2D eigenvalue weighted by Gasteiger charge is 2.31. The summed E-state index contributed by atoms with van der Waals surface area (Å²) in [6, 6.07) is 3.16. The Labute approximate surface area is 120 Å². The first-order chi connectivity index (χ1) is 8.97. The van der Waals surface area contributed by atoms with Crippen molar-refractivity contribution in [2.75, 3.05) is 0 Å². The lowest BCUT2D eigenvalue weighted by atomic mass is 10.2. The lowest BCUT2D eigenvalue weighted by Gasteiger charge is -2.27. The Kier molecular flexibility index (Phi) is 4.19. The maximum atomic E-state index is 12.2. The first kappa shape index (κ1) is 14.0. The molecule has 0 saturated carbocycles. The highest BCUT2D eigenvalue weighted by molar-refractivity contribution is 9.10. The molecule has 2 rings (SSSR count). The number of nitrogens with one attached hydrogen (secondary N) is 1. The van der Waals surface area contributed by atoms with Crippen LogP contribution < -0.4 is 5.32 Å². The fraction of sp³-hybridized carbons (Fsp3) is 0.462. The van der Waals surface area contributed by atoms with E-state index in [0.29, 0.717) is 13.0 Å². The van der Waals surface area contributed by atoms with Crippen LogP contribution in [-0.4, -0.2) is 33.8 Å². The summed E-state index contributed by atoms with van der Waals surface area (Å²) in [7, 11) is 0. The Morgan fingerprint density at radius 3 is 2.79 bits per heavy atom. The lowest BCUT2D eigenvalue weighted by molar-refractivity contribution is -0.135. The van der Waals surface area contributed by atoms with Crippen molar-refractivity contribution in [2.45, 2.75) is 38.9 Å². The van der Waals surface area contributed by atoms with Gasteiger partial charge in [-0.15, -0.1) is 0 Å². The zero-order valence-corrected chi connectivity index (χ0v) is 12.5. The molecule has 0 aromatic carbocycles. The van der Waals surface area contributed by atoms with Crippen LogP contribution in [-0.2, 0) is 16.1 Å². The number of hydrogen-bond donors (Lipinski definition) is 1. The van der Waals surface area contributed by atoms with Gasteiger partial charge in [-0.25, -0.2) is 0 Å². The summed E-state index contributed by atoms with van der Waals surface area (Å²) in [6.45, 7) is 4.02. The summed E-state index contributed by atoms with van der Waals surface area (Å²) < 4.78 is 0.900. The summed E-state index contributed by atoms with van der Waals surface area (Å²) in [5.41, 5.74) is 0.810. The number of carbonyl (C=O) groups excluding carboxylic acids is 2. The van der Waals surface area contributed by atoms with E-state index in [1.165, 1.54) is 0 Å². The summed E-state index contributed by atoms with van der Waals surface area (Å²) in [6.07, 6.45) is 2.03. The number of hydrogen-bond acceptors (Lipinski definition) is 3. The van der Waals surface area contributed by atoms with Gasteiger partial charge in [-0.05, 0) is 41.9 Å². The molecule has 1 aliphatic heterocycles. The summed E-state index contributed by atoms with van der Waals surface area (Å²) in [5.74, 6) is -0.150. The SMILES string of the molecule is CC1NC(=O)CC(C)N(Cc2ccc(Br)cn2)C1=O. The van der Waals surface area contributed by atoms with Crippen LogP contribution in [0.1, 0.15) is 26.0 Å². The average molecular weight is 326 g/mol. The van der Waals surface area contributed by atoms with Gasteiger partial charge in [0, 0.05) is 23.1 Å². The number of rotatable bonds is 2. The van der Waals surface area contributed by atoms with E-state index in [-0.39, 0.29) is 17.9 Å². The van der Waals surface area contributed by atoms with E-state index in [4.69, 9.17) is 0 Å². The van der Waals surface area contributed by atoms with Gasteiger partial charge in [0.2, 0.25) is 11.8 Å². The number of nitrogens with zero attached hydrogens (tertiary/aromatic N) is 2. The molecule has 102 valence electrons. The van der Waals surface area contributed by atoms with Gasteiger partial charge in [-0.1, -0.05) is 0 Å². The second-order valence-corrected chi connectivity index (χ2v) is 5.69. The molecule has 5 nitrogen and oxygen atoms in total. The third kappa shape index (κ3) is 3.32. The van der Waals surface area contributed by atoms with E-state index >= 15 is 0 Å². The molecule has 2 amide bonds. The zero-order chi connectivity index (χ0) is 14.0. The van der Waals surface area contributed by atoms with E-state index in [1.54, 1.807) is 18.0 Å². The van der Waals surface area contributed by atoms with Gasteiger partial charge in [-0.2, -0.15) is 0 Å². The van der Waals surface area contributed by atoms with Crippen molar-refractivity contribution in [3.05, 3.63) is 28.5 Å². The van der Waals surface area contributed by atoms with Gasteiger partial charge in [0.1, 0.15) is 6.04 Å². The summed E-state index contributed by atoms with van der Waals surface area (Å²) in [4.78, 5) is 29.8. The fourth-order valence-electron chi connectivity index (χ4n) is 2.11. The maximum Gasteiger partial charge on any atom is 0.245 e. The molecule has 6 heteroatoms. The molecular formula is C13H16BrN3O2. The van der Waals surface area contributed by atoms with Crippen molar-refractivity contribution in [1.29, 1.82) is 0 Å². The van der Waals surface area contributed by atoms with Crippen LogP contribution in [0.4, 0.5) is 0 Å². The molecule has 2 unspecified atom stereocenters. The van der Waals surface area contributed by atoms with Gasteiger partial charge in [0.05, 0.1) is 12.2 Å². The van der Waals surface area contributed by atoms with Gasteiger partial charge in [0.25, 0.3) is 0 Å². The van der Waals surface area contributed by atoms with E-state index in [9.17, 15) is 9.59 Å². The van der Waals surface area contributed by atoms with E-state index in [0.717, 1.165) is 10.2 Å². The zero-order valence-electron chi connectivity index (χ0n) is 10.9. The van der Waals surface area contributed by atoms with Crippen molar-refractivity contribution in [3.8, 4) is 0 Å². The van der Waals surface area contributed by atoms with E-state index in [2.05, 4.69) is 26.2 Å². The quantitative estimate of drug-likeness (QED) is 0.895. The van der Waals surface area contributed by atoms with Crippen molar-refractivity contribution in [3.63, 3.8) is 0 Å². The minimum atomic E-state index is -0.479. The third-order valence-corrected chi connectivity index (χ3v) is 3.63. The number of aromatic nitrogens is 1. The predicted molar refractivity (Wildman–Crippen MR) is 74.2 cm³/mol. The molecule has 0 bridgehead atoms. The Morgan fingerprint density at radius 2 is 2.16 bits per heavy atom. The van der Waals surface area contributed by atoms with Gasteiger partial charge in [0.15, 0.2) is 0 Å². The molecule has 1 aromatic heterocycles. The van der Waals surface area contributed by atoms with Crippen LogP contribution >= 0.6 is 15.9 Å². The highest BCUT2D eigenvalue weighted by Crippen LogP contribution is 2.15. The Balaban J connectivity index is 2.18. The largest absolute Gasteiger partial charge is 0.345 e. The number of pyridine rings is 1. The second-order valence-electron chi connectivity index (χ2n) is 4.78. The molecule has 1 saturated heterocycles. The monoisotopic (exact) mass is 325 g/mol. The Hall–Kier alpha value is -1.43. The molecule has 1 N–H and O–H groups in total. The Morgan fingerprint density at radius 1 is 1.42 bits per heavy atom. The summed E-state index contributed by atoms with van der Waals surface area (Å²) >= 11 is 3.33. The molecule has 2 atom stereocenters. The van der Waals surface area contributed by atoms with Gasteiger partial charge < -0.3 is 10.2 Å². The third-order valence-electron chi connectivity index (χ3n) is 3.16. The van der Waals surface area contributed by atoms with E-state index in [1.807, 2.05) is 19.1 Å². The van der Waals surface area contributed by atoms with Crippen LogP contribution in [0, 0.1) is 0 Å². The normalized spacial score (nSPS) is 24.1. The van der Waals surface area contributed by atoms with Crippen molar-refractivity contribution in [2.24, 2.45) is 0 Å². The van der Waals surface area contributed by atoms with Crippen LogP contribution in [0.2, 0.25) is 0 Å². The molecule has 0 radical (unpaired) electrons. The van der Waals surface area contributed by atoms with Crippen molar-refractivity contribution in [1.82, 2.24) is 15.2 Å². The minimum absolute atomic E-state index is 0.0666. The molecule has 1 aromatic rings. The maximum absolute atomic E-state index is 12.2. The molecule has 1 fully saturated rings. The highest BCUT2D eigenvalue weighted by atomic mass is 79.9. The number of amides is 2. The predicted octanol–water partition coefficient (Wildman–Crippen LogP) is 1.47. The van der Waals surface area contributed by atoms with E-state index < -0.39 is 6.04 Å². The van der Waals surface area contributed by atoms with Crippen molar-refractivity contribution >= 4 is 27.7 Å². The van der Waals surface area contributed by atoms with Crippen LogP contribution in [0.5, 0.6) is 0 Å². The van der Waals surface area contributed by atoms with Crippen LogP contribution in [0.25, 0.3) is 0 Å². The Bertz CT molecular complexity index is 489. The smallest absolute Gasteiger partial charge is 0.245 e. The number of carbonyl (C=O) groups is 2. The lowest BCUT2D eigenvalue weighted by Crippen LogP contribution is -2.44. The first-order valence-electron chi connectivity index (χ1n) is 6.17. The minimum Gasteiger partial charge on any atom is -0.345 e. The standard InChI is InChI=1S/C13H16BrN3O2/c1-8-5-12(18)16-9(2)13(19)17(8)7-11-4-3-10(14)6-15-11/h3-4,6,8-9H,5,7H2,1-2H3,(H,16,18). The van der Waals surface area contributed by atoms with Crippen LogP contribution in [0.15, 0.2) is 22.8 Å². The topological polar surface area (TPSA) is 62.3 Å². The summed E-state index contributed by atoms with van der Waals surface area (Å²) in [5, 5.41) is 2.69. The first-order valence-corrected chi connectivity index (χ1v) is 6.97. The molecule has 1 aliphatic rings. The number of halogens is 1. The molecule has 0 spiro atoms. The van der Waals surface area contributed by atoms with Crippen molar-refractivity contribution < 1.29 is 9.59 Å². The molecule has 0 aliphatic carbocycles. The van der Waals surface area contributed by atoms with Gasteiger partial charge in [-0.3, -0.25) is 14.6 Å².